The maximum Gasteiger partial charge on any atom is 0.472 e. The zero-order valence-corrected chi connectivity index (χ0v) is 56.8. The molecule has 0 aromatic carbocycles. The number of esters is 1. The molecule has 3 atom stereocenters. The van der Waals surface area contributed by atoms with Gasteiger partial charge in [0.1, 0.15) is 19.3 Å². The van der Waals surface area contributed by atoms with Crippen molar-refractivity contribution in [1.82, 2.24) is 5.32 Å². The van der Waals surface area contributed by atoms with Crippen molar-refractivity contribution in [2.45, 2.75) is 367 Å². The van der Waals surface area contributed by atoms with Gasteiger partial charge in [-0.15, -0.1) is 0 Å². The van der Waals surface area contributed by atoms with Gasteiger partial charge in [-0.3, -0.25) is 18.6 Å². The number of phosphoric acid groups is 1. The van der Waals surface area contributed by atoms with Crippen molar-refractivity contribution in [3.8, 4) is 0 Å². The number of carbonyl (C=O) groups excluding carboxylic acids is 2. The van der Waals surface area contributed by atoms with Gasteiger partial charge in [0, 0.05) is 12.8 Å². The van der Waals surface area contributed by atoms with Crippen molar-refractivity contribution in [3.63, 3.8) is 0 Å². The standard InChI is InChI=1S/C73H139N2O7P/c1-7-10-13-16-19-22-25-27-29-31-33-35-36-37-38-40-42-44-46-48-51-54-57-60-63-66-73(77)82-71(64-61-58-55-52-49-24-21-18-15-12-9-3)70(69-81-83(78,79)80-68-67-75(4,5)6)74-72(76)65-62-59-56-53-50-47-45-43-41-39-34-32-30-28-26-23-20-17-14-11-8-2/h19,22,27-30,61,64,70-71H,7-18,20-21,23-26,31-60,62-63,65-69H2,1-6H3,(H-,74,76,78,79)/p+1/b22-19-,29-27-,30-28+,64-61+. The molecule has 0 heterocycles. The predicted octanol–water partition coefficient (Wildman–Crippen LogP) is 22.8. The topological polar surface area (TPSA) is 111 Å². The Balaban J connectivity index is 4.98. The Bertz CT molecular complexity index is 1560. The number of unbranched alkanes of at least 4 members (excludes halogenated alkanes) is 44. The minimum Gasteiger partial charge on any atom is -0.456 e. The normalized spacial score (nSPS) is 13.8. The van der Waals surface area contributed by atoms with E-state index >= 15 is 0 Å². The van der Waals surface area contributed by atoms with Crippen LogP contribution in [-0.2, 0) is 27.9 Å². The summed E-state index contributed by atoms with van der Waals surface area (Å²) in [5, 5.41) is 3.07. The highest BCUT2D eigenvalue weighted by molar-refractivity contribution is 7.47. The number of hydrogen-bond donors (Lipinski definition) is 2. The summed E-state index contributed by atoms with van der Waals surface area (Å²) in [6, 6.07) is -0.847. The molecule has 9 nitrogen and oxygen atoms in total. The molecular weight excluding hydrogens is 1050 g/mol. The zero-order valence-electron chi connectivity index (χ0n) is 56.0. The molecule has 0 aliphatic carbocycles. The number of amides is 1. The second-order valence-electron chi connectivity index (χ2n) is 25.8. The van der Waals surface area contributed by atoms with E-state index in [1.165, 1.54) is 257 Å². The number of likely N-dealkylation sites (N-methyl/N-ethyl adjacent to an activating group) is 1. The first-order valence-corrected chi connectivity index (χ1v) is 37.5. The molecule has 83 heavy (non-hydrogen) atoms. The van der Waals surface area contributed by atoms with E-state index < -0.39 is 20.0 Å². The predicted molar refractivity (Wildman–Crippen MR) is 360 cm³/mol. The van der Waals surface area contributed by atoms with Crippen molar-refractivity contribution >= 4 is 19.7 Å². The summed E-state index contributed by atoms with van der Waals surface area (Å²) in [5.74, 6) is -0.491. The summed E-state index contributed by atoms with van der Waals surface area (Å²) in [6.07, 6.45) is 79.8. The molecule has 2 N–H and O–H groups in total. The first kappa shape index (κ1) is 81.0. The van der Waals surface area contributed by atoms with Gasteiger partial charge in [0.15, 0.2) is 0 Å². The molecule has 0 aromatic heterocycles. The Hall–Kier alpha value is -2.03. The number of carbonyl (C=O) groups is 2. The third kappa shape index (κ3) is 64.3. The summed E-state index contributed by atoms with van der Waals surface area (Å²) in [5.41, 5.74) is 0. The summed E-state index contributed by atoms with van der Waals surface area (Å²) >= 11 is 0. The van der Waals surface area contributed by atoms with Crippen LogP contribution in [0.5, 0.6) is 0 Å². The smallest absolute Gasteiger partial charge is 0.456 e. The molecular formula is C73H140N2O7P+. The molecule has 10 heteroatoms. The molecule has 0 radical (unpaired) electrons. The summed E-state index contributed by atoms with van der Waals surface area (Å²) in [4.78, 5) is 37.9. The fourth-order valence-electron chi connectivity index (χ4n) is 10.7. The second kappa shape index (κ2) is 63.0. The van der Waals surface area contributed by atoms with Crippen LogP contribution in [0.1, 0.15) is 355 Å². The SMILES string of the molecule is CCCCC/C=C\C/C=C\CCCCCCCCCCCCCCCCCC(=O)OC(/C=C/CCCCCCCCCCC)C(COP(=O)(O)OCC[N+](C)(C)C)NC(=O)CCCCCCCCCCCCC/C=C/CCCCCCCC. The number of quaternary nitrogens is 1. The molecule has 0 aliphatic rings. The second-order valence-corrected chi connectivity index (χ2v) is 27.2. The molecule has 0 saturated carbocycles. The van der Waals surface area contributed by atoms with Gasteiger partial charge in [-0.1, -0.05) is 301 Å². The summed E-state index contributed by atoms with van der Waals surface area (Å²) in [6.45, 7) is 7.03. The van der Waals surface area contributed by atoms with Crippen LogP contribution in [0.25, 0.3) is 0 Å². The monoisotopic (exact) mass is 1190 g/mol. The Morgan fingerprint density at radius 3 is 1.12 bits per heavy atom. The van der Waals surface area contributed by atoms with E-state index in [1.807, 2.05) is 33.3 Å². The Morgan fingerprint density at radius 2 is 0.735 bits per heavy atom. The van der Waals surface area contributed by atoms with Gasteiger partial charge < -0.3 is 19.4 Å². The highest BCUT2D eigenvalue weighted by atomic mass is 31.2. The lowest BCUT2D eigenvalue weighted by Crippen LogP contribution is -2.47. The Kier molecular flexibility index (Phi) is 61.5. The van der Waals surface area contributed by atoms with Crippen LogP contribution in [0.4, 0.5) is 0 Å². The van der Waals surface area contributed by atoms with Crippen LogP contribution in [0, 0.1) is 0 Å². The van der Waals surface area contributed by atoms with Gasteiger partial charge >= 0.3 is 13.8 Å². The minimum absolute atomic E-state index is 0.0417. The van der Waals surface area contributed by atoms with Crippen molar-refractivity contribution < 1.29 is 37.3 Å². The van der Waals surface area contributed by atoms with Gasteiger partial charge in [-0.25, -0.2) is 4.57 Å². The molecule has 0 saturated heterocycles. The lowest BCUT2D eigenvalue weighted by atomic mass is 10.0. The van der Waals surface area contributed by atoms with Crippen LogP contribution >= 0.6 is 7.82 Å². The molecule has 0 spiro atoms. The average Bonchev–Trinajstić information content (AvgIpc) is 3.51. The highest BCUT2D eigenvalue weighted by Gasteiger charge is 2.30. The third-order valence-electron chi connectivity index (χ3n) is 16.2. The maximum atomic E-state index is 13.6. The van der Waals surface area contributed by atoms with E-state index in [2.05, 4.69) is 62.5 Å². The zero-order chi connectivity index (χ0) is 60.7. The number of phosphoric ester groups is 1. The van der Waals surface area contributed by atoms with E-state index in [9.17, 15) is 19.0 Å². The Morgan fingerprint density at radius 1 is 0.422 bits per heavy atom. The number of nitrogens with zero attached hydrogens (tertiary/aromatic N) is 1. The van der Waals surface area contributed by atoms with Gasteiger partial charge in [0.25, 0.3) is 0 Å². The Labute approximate surface area is 516 Å². The van der Waals surface area contributed by atoms with E-state index in [0.29, 0.717) is 23.9 Å². The van der Waals surface area contributed by atoms with Gasteiger partial charge in [0.2, 0.25) is 5.91 Å². The highest BCUT2D eigenvalue weighted by Crippen LogP contribution is 2.43. The van der Waals surface area contributed by atoms with E-state index in [-0.39, 0.29) is 25.1 Å². The van der Waals surface area contributed by atoms with Crippen LogP contribution in [0.3, 0.4) is 0 Å². The van der Waals surface area contributed by atoms with Crippen molar-refractivity contribution in [2.75, 3.05) is 40.9 Å². The van der Waals surface area contributed by atoms with Crippen LogP contribution in [-0.4, -0.2) is 74.3 Å². The lowest BCUT2D eigenvalue weighted by molar-refractivity contribution is -0.870. The molecule has 3 unspecified atom stereocenters. The first-order valence-electron chi connectivity index (χ1n) is 36.0. The summed E-state index contributed by atoms with van der Waals surface area (Å²) in [7, 11) is 1.51. The molecule has 0 rings (SSSR count). The van der Waals surface area contributed by atoms with Gasteiger partial charge in [-0.05, 0) is 89.5 Å². The largest absolute Gasteiger partial charge is 0.472 e. The molecule has 0 fully saturated rings. The number of nitrogens with one attached hydrogen (secondary N) is 1. The quantitative estimate of drug-likeness (QED) is 0.0205. The van der Waals surface area contributed by atoms with E-state index in [1.54, 1.807) is 0 Å². The van der Waals surface area contributed by atoms with Crippen molar-refractivity contribution in [1.29, 1.82) is 0 Å². The molecule has 488 valence electrons. The van der Waals surface area contributed by atoms with Gasteiger partial charge in [-0.2, -0.15) is 0 Å². The fourth-order valence-corrected chi connectivity index (χ4v) is 11.4. The minimum atomic E-state index is -4.45. The van der Waals surface area contributed by atoms with Crippen LogP contribution < -0.4 is 5.32 Å². The third-order valence-corrected chi connectivity index (χ3v) is 17.2. The number of ether oxygens (including phenoxy) is 1. The molecule has 0 aromatic rings. The van der Waals surface area contributed by atoms with Crippen molar-refractivity contribution in [3.05, 3.63) is 48.6 Å². The van der Waals surface area contributed by atoms with Gasteiger partial charge in [0.05, 0.1) is 33.8 Å². The fraction of sp³-hybridized carbons (Fsp3) is 0.863. The number of allylic oxidation sites excluding steroid dienone is 7. The van der Waals surface area contributed by atoms with E-state index in [0.717, 1.165) is 64.2 Å². The number of rotatable bonds is 66. The number of hydrogen-bond acceptors (Lipinski definition) is 6. The lowest BCUT2D eigenvalue weighted by Gasteiger charge is -2.27. The first-order chi connectivity index (χ1) is 40.4. The molecule has 0 bridgehead atoms. The average molecular weight is 1190 g/mol. The van der Waals surface area contributed by atoms with Crippen molar-refractivity contribution in [2.24, 2.45) is 0 Å². The van der Waals surface area contributed by atoms with Crippen LogP contribution in [0.15, 0.2) is 48.6 Å². The summed E-state index contributed by atoms with van der Waals surface area (Å²) < 4.78 is 30.8. The van der Waals surface area contributed by atoms with E-state index in [4.69, 9.17) is 13.8 Å². The molecule has 1 amide bonds. The van der Waals surface area contributed by atoms with Crippen LogP contribution in [0.2, 0.25) is 0 Å². The molecule has 0 aliphatic heterocycles. The maximum absolute atomic E-state index is 13.6.